The smallest absolute Gasteiger partial charge is 0.321 e. The lowest BCUT2D eigenvalue weighted by Crippen LogP contribution is -2.41. The molecular formula is C21H28N4O2. The first-order valence-corrected chi connectivity index (χ1v) is 10.0. The zero-order chi connectivity index (χ0) is 18.6. The number of hydrogen-bond acceptors (Lipinski definition) is 3. The first-order valence-electron chi connectivity index (χ1n) is 10.0. The van der Waals surface area contributed by atoms with E-state index in [2.05, 4.69) is 21.1 Å². The van der Waals surface area contributed by atoms with E-state index in [-0.39, 0.29) is 6.03 Å². The Morgan fingerprint density at radius 1 is 1.22 bits per heavy atom. The van der Waals surface area contributed by atoms with Gasteiger partial charge in [-0.25, -0.2) is 9.78 Å². The van der Waals surface area contributed by atoms with Crippen molar-refractivity contribution in [1.82, 2.24) is 14.5 Å². The van der Waals surface area contributed by atoms with Crippen molar-refractivity contribution in [3.05, 3.63) is 42.5 Å². The predicted molar refractivity (Wildman–Crippen MR) is 105 cm³/mol. The molecule has 6 heteroatoms. The third-order valence-corrected chi connectivity index (χ3v) is 5.48. The van der Waals surface area contributed by atoms with Gasteiger partial charge in [0.05, 0.1) is 12.3 Å². The Kier molecular flexibility index (Phi) is 5.32. The van der Waals surface area contributed by atoms with Crippen LogP contribution in [0, 0.1) is 5.92 Å². The van der Waals surface area contributed by atoms with E-state index in [1.54, 1.807) is 0 Å². The van der Waals surface area contributed by atoms with Crippen molar-refractivity contribution in [2.24, 2.45) is 5.92 Å². The highest BCUT2D eigenvalue weighted by atomic mass is 16.5. The highest BCUT2D eigenvalue weighted by molar-refractivity contribution is 5.91. The lowest BCUT2D eigenvalue weighted by atomic mass is 9.96. The van der Waals surface area contributed by atoms with Crippen molar-refractivity contribution in [1.29, 1.82) is 0 Å². The number of imidazole rings is 1. The number of benzene rings is 1. The number of carbonyl (C=O) groups excluding carboxylic acids is 1. The molecule has 1 aliphatic carbocycles. The minimum absolute atomic E-state index is 0.0538. The first-order chi connectivity index (χ1) is 13.2. The van der Waals surface area contributed by atoms with Crippen LogP contribution in [0.1, 0.15) is 44.3 Å². The molecule has 0 bridgehead atoms. The summed E-state index contributed by atoms with van der Waals surface area (Å²) >= 11 is 0. The van der Waals surface area contributed by atoms with Gasteiger partial charge in [0.25, 0.3) is 0 Å². The molecular weight excluding hydrogens is 340 g/mol. The fraction of sp³-hybridized carbons (Fsp3) is 0.524. The molecule has 27 heavy (non-hydrogen) atoms. The van der Waals surface area contributed by atoms with Gasteiger partial charge in [-0.15, -0.1) is 0 Å². The summed E-state index contributed by atoms with van der Waals surface area (Å²) in [5.74, 6) is 3.20. The average molecular weight is 368 g/mol. The van der Waals surface area contributed by atoms with Gasteiger partial charge in [0.1, 0.15) is 11.6 Å². The van der Waals surface area contributed by atoms with E-state index in [1.807, 2.05) is 42.3 Å². The molecule has 2 fully saturated rings. The minimum atomic E-state index is -0.0538. The van der Waals surface area contributed by atoms with E-state index in [0.717, 1.165) is 44.1 Å². The summed E-state index contributed by atoms with van der Waals surface area (Å²) in [6.45, 7) is 5.12. The molecule has 4 rings (SSSR count). The van der Waals surface area contributed by atoms with Crippen LogP contribution in [0.25, 0.3) is 0 Å². The zero-order valence-corrected chi connectivity index (χ0v) is 15.9. The lowest BCUT2D eigenvalue weighted by Gasteiger charge is -2.32. The van der Waals surface area contributed by atoms with E-state index in [9.17, 15) is 4.79 Å². The number of piperidine rings is 1. The zero-order valence-electron chi connectivity index (χ0n) is 15.9. The van der Waals surface area contributed by atoms with Gasteiger partial charge in [0, 0.05) is 37.9 Å². The molecule has 1 aromatic heterocycles. The predicted octanol–water partition coefficient (Wildman–Crippen LogP) is 4.10. The average Bonchev–Trinajstić information content (AvgIpc) is 3.39. The van der Waals surface area contributed by atoms with Crippen LogP contribution in [0.5, 0.6) is 5.75 Å². The highest BCUT2D eigenvalue weighted by Crippen LogP contribution is 2.33. The van der Waals surface area contributed by atoms with Crippen LogP contribution in [-0.4, -0.2) is 40.2 Å². The van der Waals surface area contributed by atoms with E-state index in [4.69, 9.17) is 4.74 Å². The summed E-state index contributed by atoms with van der Waals surface area (Å²) in [6.07, 6.45) is 8.64. The Morgan fingerprint density at radius 2 is 2.00 bits per heavy atom. The lowest BCUT2D eigenvalue weighted by molar-refractivity contribution is 0.192. The molecule has 144 valence electrons. The van der Waals surface area contributed by atoms with Gasteiger partial charge >= 0.3 is 6.03 Å². The van der Waals surface area contributed by atoms with Crippen LogP contribution in [0.3, 0.4) is 0 Å². The molecule has 1 saturated heterocycles. The number of amides is 2. The number of nitrogens with one attached hydrogen (secondary N) is 1. The van der Waals surface area contributed by atoms with Crippen LogP contribution >= 0.6 is 0 Å². The van der Waals surface area contributed by atoms with E-state index in [0.29, 0.717) is 18.3 Å². The van der Waals surface area contributed by atoms with Crippen LogP contribution in [-0.2, 0) is 6.54 Å². The summed E-state index contributed by atoms with van der Waals surface area (Å²) in [4.78, 5) is 19.2. The van der Waals surface area contributed by atoms with Crippen LogP contribution in [0.15, 0.2) is 36.7 Å². The van der Waals surface area contributed by atoms with Crippen molar-refractivity contribution < 1.29 is 9.53 Å². The quantitative estimate of drug-likeness (QED) is 0.835. The van der Waals surface area contributed by atoms with Crippen molar-refractivity contribution in [2.75, 3.05) is 25.0 Å². The maximum Gasteiger partial charge on any atom is 0.321 e. The van der Waals surface area contributed by atoms with Gasteiger partial charge in [0.2, 0.25) is 0 Å². The second kappa shape index (κ2) is 8.03. The van der Waals surface area contributed by atoms with Gasteiger partial charge in [-0.05, 0) is 50.7 Å². The Balaban J connectivity index is 1.34. The molecule has 2 amide bonds. The van der Waals surface area contributed by atoms with Crippen molar-refractivity contribution in [3.8, 4) is 5.75 Å². The molecule has 0 unspecified atom stereocenters. The maximum atomic E-state index is 12.7. The molecule has 1 aromatic carbocycles. The Labute approximate surface area is 160 Å². The van der Waals surface area contributed by atoms with Crippen molar-refractivity contribution >= 4 is 11.7 Å². The second-order valence-electron chi connectivity index (χ2n) is 7.50. The number of aromatic nitrogens is 2. The number of urea groups is 1. The minimum Gasteiger partial charge on any atom is -0.492 e. The highest BCUT2D eigenvalue weighted by Gasteiger charge is 2.28. The molecule has 1 aliphatic heterocycles. The van der Waals surface area contributed by atoms with Crippen LogP contribution in [0.2, 0.25) is 0 Å². The van der Waals surface area contributed by atoms with Crippen molar-refractivity contribution in [2.45, 2.75) is 45.1 Å². The van der Waals surface area contributed by atoms with Gasteiger partial charge in [-0.1, -0.05) is 12.1 Å². The molecule has 0 atom stereocenters. The summed E-state index contributed by atoms with van der Waals surface area (Å²) in [7, 11) is 0. The molecule has 2 heterocycles. The fourth-order valence-electron chi connectivity index (χ4n) is 3.80. The SMILES string of the molecule is CCOc1ccccc1NC(=O)N1CCC(c2nccn2CC2CC2)CC1. The molecule has 1 saturated carbocycles. The Bertz CT molecular complexity index is 776. The number of nitrogens with zero attached hydrogens (tertiary/aromatic N) is 3. The number of hydrogen-bond donors (Lipinski definition) is 1. The third kappa shape index (κ3) is 4.26. The second-order valence-corrected chi connectivity index (χ2v) is 7.50. The van der Waals surface area contributed by atoms with E-state index < -0.39 is 0 Å². The molecule has 2 aliphatic rings. The summed E-state index contributed by atoms with van der Waals surface area (Å²) in [5.41, 5.74) is 0.728. The largest absolute Gasteiger partial charge is 0.492 e. The molecule has 1 N–H and O–H groups in total. The maximum absolute atomic E-state index is 12.7. The van der Waals surface area contributed by atoms with Crippen LogP contribution < -0.4 is 10.1 Å². The van der Waals surface area contributed by atoms with E-state index in [1.165, 1.54) is 18.7 Å². The number of likely N-dealkylation sites (tertiary alicyclic amines) is 1. The van der Waals surface area contributed by atoms with Gasteiger partial charge in [-0.2, -0.15) is 0 Å². The molecule has 0 radical (unpaired) electrons. The van der Waals surface area contributed by atoms with Gasteiger partial charge in [-0.3, -0.25) is 0 Å². The molecule has 6 nitrogen and oxygen atoms in total. The van der Waals surface area contributed by atoms with E-state index >= 15 is 0 Å². The normalized spacial score (nSPS) is 17.7. The van der Waals surface area contributed by atoms with Crippen LogP contribution in [0.4, 0.5) is 10.5 Å². The number of carbonyl (C=O) groups is 1. The number of ether oxygens (including phenoxy) is 1. The summed E-state index contributed by atoms with van der Waals surface area (Å²) < 4.78 is 7.93. The third-order valence-electron chi connectivity index (χ3n) is 5.48. The molecule has 0 spiro atoms. The number of para-hydroxylation sites is 2. The molecule has 2 aromatic rings. The topological polar surface area (TPSA) is 59.4 Å². The standard InChI is InChI=1S/C21H28N4O2/c1-2-27-19-6-4-3-5-18(19)23-21(26)24-12-9-17(10-13-24)20-22-11-14-25(20)15-16-7-8-16/h3-6,11,14,16-17H,2,7-10,12-13,15H2,1H3,(H,23,26). The summed E-state index contributed by atoms with van der Waals surface area (Å²) in [5, 5.41) is 3.00. The Hall–Kier alpha value is -2.50. The Morgan fingerprint density at radius 3 is 2.74 bits per heavy atom. The first kappa shape index (κ1) is 17.9. The van der Waals surface area contributed by atoms with Gasteiger partial charge in [0.15, 0.2) is 0 Å². The number of anilines is 1. The fourth-order valence-corrected chi connectivity index (χ4v) is 3.80. The monoisotopic (exact) mass is 368 g/mol. The van der Waals surface area contributed by atoms with Gasteiger partial charge < -0.3 is 19.5 Å². The summed E-state index contributed by atoms with van der Waals surface area (Å²) in [6, 6.07) is 7.52. The number of rotatable bonds is 6. The van der Waals surface area contributed by atoms with Crippen molar-refractivity contribution in [3.63, 3.8) is 0 Å².